The van der Waals surface area contributed by atoms with Crippen molar-refractivity contribution >= 4 is 27.3 Å². The van der Waals surface area contributed by atoms with E-state index in [1.807, 2.05) is 10.8 Å². The summed E-state index contributed by atoms with van der Waals surface area (Å²) >= 11 is 0. The molecule has 0 atom stereocenters. The van der Waals surface area contributed by atoms with Gasteiger partial charge in [-0.1, -0.05) is 34.6 Å². The lowest BCUT2D eigenvalue weighted by Crippen LogP contribution is -2.38. The highest BCUT2D eigenvalue weighted by molar-refractivity contribution is 8.77. The second kappa shape index (κ2) is 14.5. The number of ether oxygens (including phenoxy) is 3. The van der Waals surface area contributed by atoms with Crippen molar-refractivity contribution in [3.63, 3.8) is 0 Å². The van der Waals surface area contributed by atoms with Gasteiger partial charge in [-0.2, -0.15) is 0 Å². The van der Waals surface area contributed by atoms with Crippen LogP contribution in [-0.2, 0) is 27.2 Å². The summed E-state index contributed by atoms with van der Waals surface area (Å²) in [5.74, 6) is 0. The quantitative estimate of drug-likeness (QED) is 0.313. The van der Waals surface area contributed by atoms with Crippen LogP contribution < -0.4 is 4.90 Å². The largest absolute Gasteiger partial charge is 0.392 e. The van der Waals surface area contributed by atoms with Crippen LogP contribution >= 0.6 is 21.6 Å². The zero-order valence-corrected chi connectivity index (χ0v) is 19.7. The van der Waals surface area contributed by atoms with E-state index >= 15 is 0 Å². The van der Waals surface area contributed by atoms with E-state index < -0.39 is 0 Å². The first-order valence-corrected chi connectivity index (χ1v) is 12.4. The molecule has 0 radical (unpaired) electrons. The average Bonchev–Trinajstić information content (AvgIpc) is 2.68. The minimum Gasteiger partial charge on any atom is -0.392 e. The molecule has 5 nitrogen and oxygen atoms in total. The molecule has 0 aliphatic rings. The zero-order valence-electron chi connectivity index (χ0n) is 18.0. The molecule has 0 saturated carbocycles. The predicted molar refractivity (Wildman–Crippen MR) is 123 cm³/mol. The highest BCUT2D eigenvalue weighted by Crippen LogP contribution is 2.35. The average molecular weight is 432 g/mol. The first kappa shape index (κ1) is 25.6. The fourth-order valence-corrected chi connectivity index (χ4v) is 5.04. The summed E-state index contributed by atoms with van der Waals surface area (Å²) in [7, 11) is 5.35. The van der Waals surface area contributed by atoms with Crippen molar-refractivity contribution < 1.29 is 19.3 Å². The maximum atomic E-state index is 9.64. The Bertz CT molecular complexity index is 521. The Hall–Kier alpha value is -0.440. The fourth-order valence-electron chi connectivity index (χ4n) is 2.87. The SMILES string of the molecule is CCc1cc(CO)cc(N(CCOCCOCCOC)CC(C)(C)SSC)c1. The van der Waals surface area contributed by atoms with Gasteiger partial charge in [0.05, 0.1) is 39.6 Å². The summed E-state index contributed by atoms with van der Waals surface area (Å²) in [6.45, 7) is 11.4. The van der Waals surface area contributed by atoms with E-state index in [-0.39, 0.29) is 11.4 Å². The third kappa shape index (κ3) is 10.4. The molecular formula is C21H37NO4S2. The van der Waals surface area contributed by atoms with E-state index in [4.69, 9.17) is 14.2 Å². The molecule has 0 fully saturated rings. The maximum absolute atomic E-state index is 9.64. The molecular weight excluding hydrogens is 394 g/mol. The second-order valence-electron chi connectivity index (χ2n) is 7.17. The third-order valence-electron chi connectivity index (χ3n) is 4.18. The van der Waals surface area contributed by atoms with Crippen LogP contribution in [-0.4, -0.2) is 69.3 Å². The lowest BCUT2D eigenvalue weighted by Gasteiger charge is -2.33. The van der Waals surface area contributed by atoms with Gasteiger partial charge in [-0.3, -0.25) is 0 Å². The number of anilines is 1. The molecule has 7 heteroatoms. The number of hydrogen-bond acceptors (Lipinski definition) is 7. The van der Waals surface area contributed by atoms with E-state index in [0.717, 1.165) is 30.8 Å². The number of aliphatic hydroxyl groups is 1. The van der Waals surface area contributed by atoms with Crippen LogP contribution in [0.1, 0.15) is 31.9 Å². The highest BCUT2D eigenvalue weighted by Gasteiger charge is 2.23. The van der Waals surface area contributed by atoms with Gasteiger partial charge in [0.1, 0.15) is 0 Å². The number of aliphatic hydroxyl groups excluding tert-OH is 1. The van der Waals surface area contributed by atoms with Crippen molar-refractivity contribution in [2.75, 3.05) is 64.4 Å². The van der Waals surface area contributed by atoms with Gasteiger partial charge in [-0.15, -0.1) is 0 Å². The van der Waals surface area contributed by atoms with Gasteiger partial charge in [0.25, 0.3) is 0 Å². The number of hydrogen-bond donors (Lipinski definition) is 1. The van der Waals surface area contributed by atoms with E-state index in [9.17, 15) is 5.11 Å². The summed E-state index contributed by atoms with van der Waals surface area (Å²) in [6.07, 6.45) is 3.07. The van der Waals surface area contributed by atoms with Gasteiger partial charge >= 0.3 is 0 Å². The first-order chi connectivity index (χ1) is 13.5. The fraction of sp³-hybridized carbons (Fsp3) is 0.714. The Kier molecular flexibility index (Phi) is 13.3. The molecule has 0 heterocycles. The standard InChI is InChI=1S/C21H37NO4S2/c1-6-18-13-19(16-23)15-20(14-18)22(17-21(2,3)28-27-5)7-8-25-11-12-26-10-9-24-4/h13-15,23H,6-12,16-17H2,1-5H3. The summed E-state index contributed by atoms with van der Waals surface area (Å²) in [5.41, 5.74) is 3.36. The summed E-state index contributed by atoms with van der Waals surface area (Å²) in [4.78, 5) is 2.37. The first-order valence-electron chi connectivity index (χ1n) is 9.80. The topological polar surface area (TPSA) is 51.2 Å². The molecule has 0 unspecified atom stereocenters. The van der Waals surface area contributed by atoms with Crippen molar-refractivity contribution in [2.45, 2.75) is 38.5 Å². The molecule has 1 N–H and O–H groups in total. The minimum absolute atomic E-state index is 0.0624. The number of rotatable bonds is 16. The maximum Gasteiger partial charge on any atom is 0.0701 e. The van der Waals surface area contributed by atoms with Gasteiger partial charge in [0.2, 0.25) is 0 Å². The van der Waals surface area contributed by atoms with Crippen LogP contribution in [0, 0.1) is 0 Å². The van der Waals surface area contributed by atoms with Crippen LogP contribution in [0.4, 0.5) is 5.69 Å². The normalized spacial score (nSPS) is 11.8. The number of methoxy groups -OCH3 is 1. The van der Waals surface area contributed by atoms with Crippen LogP contribution in [0.25, 0.3) is 0 Å². The second-order valence-corrected chi connectivity index (χ2v) is 10.3. The molecule has 0 aromatic heterocycles. The summed E-state index contributed by atoms with van der Waals surface area (Å²) < 4.78 is 16.3. The number of benzene rings is 1. The van der Waals surface area contributed by atoms with Crippen LogP contribution in [0.3, 0.4) is 0 Å². The Morgan fingerprint density at radius 3 is 2.25 bits per heavy atom. The molecule has 162 valence electrons. The molecule has 0 aliphatic heterocycles. The number of aryl methyl sites for hydroxylation is 1. The van der Waals surface area contributed by atoms with Gasteiger partial charge in [-0.25, -0.2) is 0 Å². The molecule has 1 aromatic rings. The zero-order chi connectivity index (χ0) is 20.8. The van der Waals surface area contributed by atoms with Crippen LogP contribution in [0.5, 0.6) is 0 Å². The molecule has 0 spiro atoms. The van der Waals surface area contributed by atoms with Gasteiger partial charge < -0.3 is 24.2 Å². The van der Waals surface area contributed by atoms with E-state index in [0.29, 0.717) is 33.0 Å². The highest BCUT2D eigenvalue weighted by atomic mass is 33.1. The van der Waals surface area contributed by atoms with Gasteiger partial charge in [-0.05, 0) is 49.8 Å². The summed E-state index contributed by atoms with van der Waals surface area (Å²) in [6, 6.07) is 6.40. The lowest BCUT2D eigenvalue weighted by molar-refractivity contribution is 0.0264. The van der Waals surface area contributed by atoms with Gasteiger partial charge in [0.15, 0.2) is 0 Å². The monoisotopic (exact) mass is 431 g/mol. The lowest BCUT2D eigenvalue weighted by atomic mass is 10.1. The molecule has 0 amide bonds. The smallest absolute Gasteiger partial charge is 0.0701 e. The predicted octanol–water partition coefficient (Wildman–Crippen LogP) is 4.02. The molecule has 0 saturated heterocycles. The van der Waals surface area contributed by atoms with Crippen LogP contribution in [0.2, 0.25) is 0 Å². The van der Waals surface area contributed by atoms with Crippen LogP contribution in [0.15, 0.2) is 18.2 Å². The molecule has 0 bridgehead atoms. The number of nitrogens with zero attached hydrogens (tertiary/aromatic N) is 1. The van der Waals surface area contributed by atoms with E-state index in [2.05, 4.69) is 50.1 Å². The van der Waals surface area contributed by atoms with Crippen molar-refractivity contribution in [3.05, 3.63) is 29.3 Å². The molecule has 0 aliphatic carbocycles. The minimum atomic E-state index is 0.0624. The van der Waals surface area contributed by atoms with Gasteiger partial charge in [0, 0.05) is 30.6 Å². The Morgan fingerprint density at radius 1 is 1.00 bits per heavy atom. The third-order valence-corrected chi connectivity index (χ3v) is 6.78. The Labute approximate surface area is 178 Å². The Balaban J connectivity index is 2.72. The Morgan fingerprint density at radius 2 is 1.64 bits per heavy atom. The molecule has 1 aromatic carbocycles. The van der Waals surface area contributed by atoms with E-state index in [1.54, 1.807) is 17.9 Å². The summed E-state index contributed by atoms with van der Waals surface area (Å²) in [5, 5.41) is 9.64. The van der Waals surface area contributed by atoms with Crippen molar-refractivity contribution in [1.82, 2.24) is 0 Å². The molecule has 28 heavy (non-hydrogen) atoms. The van der Waals surface area contributed by atoms with Crippen molar-refractivity contribution in [1.29, 1.82) is 0 Å². The molecule has 1 rings (SSSR count). The van der Waals surface area contributed by atoms with Crippen molar-refractivity contribution in [3.8, 4) is 0 Å². The van der Waals surface area contributed by atoms with Crippen molar-refractivity contribution in [2.24, 2.45) is 0 Å². The van der Waals surface area contributed by atoms with E-state index in [1.165, 1.54) is 5.56 Å².